The Balaban J connectivity index is 1.17. The zero-order chi connectivity index (χ0) is 22.3. The molecule has 2 fully saturated rings. The fraction of sp³-hybridized carbons (Fsp3) is 0.458. The van der Waals surface area contributed by atoms with Crippen LogP contribution < -0.4 is 4.74 Å². The molecule has 2 bridgehead atoms. The molecule has 2 aliphatic rings. The van der Waals surface area contributed by atoms with Crippen LogP contribution in [-0.4, -0.2) is 48.9 Å². The molecule has 0 N–H and O–H groups in total. The minimum Gasteiger partial charge on any atom is -0.431 e. The van der Waals surface area contributed by atoms with Crippen molar-refractivity contribution in [1.82, 2.24) is 9.88 Å². The second kappa shape index (κ2) is 8.72. The van der Waals surface area contributed by atoms with Crippen LogP contribution in [0.15, 0.2) is 42.5 Å². The van der Waals surface area contributed by atoms with E-state index >= 15 is 0 Å². The number of thiazole rings is 1. The molecule has 5 nitrogen and oxygen atoms in total. The van der Waals surface area contributed by atoms with Crippen molar-refractivity contribution >= 4 is 31.4 Å². The number of hydrogen-bond acceptors (Lipinski definition) is 6. The van der Waals surface area contributed by atoms with Crippen LogP contribution in [0.3, 0.4) is 0 Å². The second-order valence-corrected chi connectivity index (χ2v) is 12.3. The third kappa shape index (κ3) is 4.97. The lowest BCUT2D eigenvalue weighted by Crippen LogP contribution is -2.45. The van der Waals surface area contributed by atoms with Crippen LogP contribution in [0.1, 0.15) is 31.2 Å². The average Bonchev–Trinajstić information content (AvgIpc) is 3.22. The van der Waals surface area contributed by atoms with Gasteiger partial charge in [0.25, 0.3) is 5.19 Å². The number of halogens is 1. The van der Waals surface area contributed by atoms with Crippen molar-refractivity contribution in [2.45, 2.75) is 44.2 Å². The van der Waals surface area contributed by atoms with E-state index in [0.29, 0.717) is 28.9 Å². The summed E-state index contributed by atoms with van der Waals surface area (Å²) < 4.78 is 43.4. The molecule has 3 aromatic rings. The van der Waals surface area contributed by atoms with E-state index in [0.717, 1.165) is 41.8 Å². The van der Waals surface area contributed by atoms with E-state index in [4.69, 9.17) is 4.74 Å². The smallest absolute Gasteiger partial charge is 0.279 e. The van der Waals surface area contributed by atoms with E-state index in [9.17, 15) is 12.8 Å². The van der Waals surface area contributed by atoms with Gasteiger partial charge in [0.05, 0.1) is 16.0 Å². The molecule has 0 radical (unpaired) electrons. The fourth-order valence-corrected chi connectivity index (χ4v) is 7.31. The number of fused-ring (bicyclic) bond motifs is 3. The number of nitrogens with zero attached hydrogens (tertiary/aromatic N) is 2. The molecule has 1 aromatic heterocycles. The summed E-state index contributed by atoms with van der Waals surface area (Å²) in [6.45, 7) is 1.00. The largest absolute Gasteiger partial charge is 0.431 e. The van der Waals surface area contributed by atoms with Gasteiger partial charge in [-0.05, 0) is 73.9 Å². The summed E-state index contributed by atoms with van der Waals surface area (Å²) in [5.41, 5.74) is 1.99. The summed E-state index contributed by atoms with van der Waals surface area (Å²) in [7, 11) is -2.90. The van der Waals surface area contributed by atoms with E-state index in [2.05, 4.69) is 22.0 Å². The molecule has 170 valence electrons. The summed E-state index contributed by atoms with van der Waals surface area (Å²) in [5, 5.41) is 0.506. The summed E-state index contributed by atoms with van der Waals surface area (Å²) in [4.78, 5) is 7.01. The van der Waals surface area contributed by atoms with Crippen molar-refractivity contribution in [1.29, 1.82) is 0 Å². The predicted molar refractivity (Wildman–Crippen MR) is 126 cm³/mol. The Hall–Kier alpha value is -2.03. The number of sulfone groups is 1. The number of ether oxygens (including phenoxy) is 1. The van der Waals surface area contributed by atoms with E-state index in [1.54, 1.807) is 6.07 Å². The minimum atomic E-state index is -2.90. The zero-order valence-corrected chi connectivity index (χ0v) is 19.7. The van der Waals surface area contributed by atoms with Crippen LogP contribution >= 0.6 is 11.3 Å². The third-order valence-electron chi connectivity index (χ3n) is 6.64. The first-order valence-electron chi connectivity index (χ1n) is 11.1. The number of aromatic nitrogens is 1. The lowest BCUT2D eigenvalue weighted by Gasteiger charge is -2.38. The zero-order valence-electron chi connectivity index (χ0n) is 18.0. The quantitative estimate of drug-likeness (QED) is 0.479. The van der Waals surface area contributed by atoms with Gasteiger partial charge in [0.15, 0.2) is 0 Å². The maximum absolute atomic E-state index is 13.4. The third-order valence-corrected chi connectivity index (χ3v) is 8.61. The molecule has 3 atom stereocenters. The molecule has 2 aliphatic heterocycles. The second-order valence-electron chi connectivity index (χ2n) is 9.14. The van der Waals surface area contributed by atoms with Gasteiger partial charge in [-0.1, -0.05) is 23.5 Å². The van der Waals surface area contributed by atoms with Crippen molar-refractivity contribution < 1.29 is 17.5 Å². The number of hydrogen-bond donors (Lipinski definition) is 0. The number of rotatable bonds is 7. The Morgan fingerprint density at radius 1 is 1.12 bits per heavy atom. The molecule has 0 aliphatic carbocycles. The van der Waals surface area contributed by atoms with Gasteiger partial charge in [-0.2, -0.15) is 0 Å². The Bertz CT molecular complexity index is 1200. The Kier molecular flexibility index (Phi) is 5.94. The molecule has 32 heavy (non-hydrogen) atoms. The molecule has 2 aromatic carbocycles. The summed E-state index contributed by atoms with van der Waals surface area (Å²) in [6, 6.07) is 13.7. The highest BCUT2D eigenvalue weighted by Crippen LogP contribution is 2.39. The molecule has 8 heteroatoms. The lowest BCUT2D eigenvalue weighted by molar-refractivity contribution is 0.112. The lowest BCUT2D eigenvalue weighted by atomic mass is 9.92. The number of benzene rings is 2. The highest BCUT2D eigenvalue weighted by molar-refractivity contribution is 7.90. The van der Waals surface area contributed by atoms with Gasteiger partial charge < -0.3 is 4.74 Å². The fourth-order valence-electron chi connectivity index (χ4n) is 5.32. The Morgan fingerprint density at radius 2 is 1.84 bits per heavy atom. The minimum absolute atomic E-state index is 0.273. The van der Waals surface area contributed by atoms with Crippen LogP contribution in [0.2, 0.25) is 0 Å². The molecule has 3 heterocycles. The molecule has 5 rings (SSSR count). The molecule has 0 amide bonds. The molecule has 2 saturated heterocycles. The SMILES string of the molecule is CS(=O)(=O)CC1C[C@H]2CC[C@@H](C1)N2CCc1ccc(Oc2nc3ccc(F)cc3s2)cc1. The van der Waals surface area contributed by atoms with E-state index in [-0.39, 0.29) is 5.82 Å². The van der Waals surface area contributed by atoms with E-state index in [1.165, 1.54) is 48.1 Å². The Labute approximate surface area is 192 Å². The topological polar surface area (TPSA) is 59.5 Å². The summed E-state index contributed by atoms with van der Waals surface area (Å²) in [5.74, 6) is 1.09. The Morgan fingerprint density at radius 3 is 2.53 bits per heavy atom. The molecule has 1 unspecified atom stereocenters. The van der Waals surface area contributed by atoms with Crippen LogP contribution in [0, 0.1) is 11.7 Å². The van der Waals surface area contributed by atoms with Crippen LogP contribution in [0.25, 0.3) is 10.2 Å². The van der Waals surface area contributed by atoms with Crippen LogP contribution in [0.4, 0.5) is 4.39 Å². The number of piperidine rings is 1. The van der Waals surface area contributed by atoms with Crippen LogP contribution in [-0.2, 0) is 16.3 Å². The molecule has 0 saturated carbocycles. The van der Waals surface area contributed by atoms with Gasteiger partial charge in [0.1, 0.15) is 21.4 Å². The van der Waals surface area contributed by atoms with Gasteiger partial charge >= 0.3 is 0 Å². The predicted octanol–water partition coefficient (Wildman–Crippen LogP) is 5.06. The highest BCUT2D eigenvalue weighted by atomic mass is 32.2. The van der Waals surface area contributed by atoms with Gasteiger partial charge in [-0.25, -0.2) is 17.8 Å². The summed E-state index contributed by atoms with van der Waals surface area (Å²) >= 11 is 1.33. The van der Waals surface area contributed by atoms with Crippen molar-refractivity contribution in [2.75, 3.05) is 18.6 Å². The van der Waals surface area contributed by atoms with Gasteiger partial charge in [-0.15, -0.1) is 0 Å². The van der Waals surface area contributed by atoms with Crippen LogP contribution in [0.5, 0.6) is 10.9 Å². The monoisotopic (exact) mass is 474 g/mol. The van der Waals surface area contributed by atoms with E-state index < -0.39 is 9.84 Å². The molecule has 0 spiro atoms. The van der Waals surface area contributed by atoms with Crippen molar-refractivity contribution in [2.24, 2.45) is 5.92 Å². The van der Waals surface area contributed by atoms with Gasteiger partial charge in [0.2, 0.25) is 0 Å². The normalized spacial score (nSPS) is 23.6. The maximum atomic E-state index is 13.4. The molecular weight excluding hydrogens is 447 g/mol. The van der Waals surface area contributed by atoms with Gasteiger partial charge in [0, 0.05) is 24.9 Å². The maximum Gasteiger partial charge on any atom is 0.279 e. The first kappa shape index (κ1) is 21.8. The molecular formula is C24H27FN2O3S2. The van der Waals surface area contributed by atoms with Crippen molar-refractivity contribution in [3.8, 4) is 10.9 Å². The van der Waals surface area contributed by atoms with Gasteiger partial charge in [-0.3, -0.25) is 4.90 Å². The summed E-state index contributed by atoms with van der Waals surface area (Å²) in [6.07, 6.45) is 6.69. The first-order chi connectivity index (χ1) is 15.3. The van der Waals surface area contributed by atoms with Crippen molar-refractivity contribution in [3.63, 3.8) is 0 Å². The standard InChI is InChI=1S/C24H27FN2O3S2/c1-32(28,29)15-17-12-19-5-6-20(13-17)27(19)11-10-16-2-7-21(8-3-16)30-24-26-22-9-4-18(25)14-23(22)31-24/h2-4,7-9,14,17,19-20H,5-6,10-13,15H2,1H3/t17?,19-,20+. The highest BCUT2D eigenvalue weighted by Gasteiger charge is 2.40. The van der Waals surface area contributed by atoms with Crippen molar-refractivity contribution in [3.05, 3.63) is 53.8 Å². The van der Waals surface area contributed by atoms with E-state index in [1.807, 2.05) is 12.1 Å². The average molecular weight is 475 g/mol. The first-order valence-corrected chi connectivity index (χ1v) is 14.0.